The molecule has 6 nitrogen and oxygen atoms in total. The van der Waals surface area contributed by atoms with E-state index in [0.29, 0.717) is 6.54 Å². The normalized spacial score (nSPS) is 14.9. The number of primary amides is 1. The first-order valence-electron chi connectivity index (χ1n) is 7.99. The topological polar surface area (TPSA) is 87.5 Å². The third-order valence-electron chi connectivity index (χ3n) is 4.28. The summed E-state index contributed by atoms with van der Waals surface area (Å²) >= 11 is 0. The lowest BCUT2D eigenvalue weighted by Crippen LogP contribution is -2.47. The number of carbonyl (C=O) groups is 2. The third-order valence-corrected chi connectivity index (χ3v) is 4.28. The lowest BCUT2D eigenvalue weighted by molar-refractivity contribution is -0.125. The van der Waals surface area contributed by atoms with Crippen LogP contribution < -0.4 is 16.4 Å². The number of hydrogen-bond acceptors (Lipinski definition) is 3. The number of nitrogens with zero attached hydrogens (tertiary/aromatic N) is 1. The molecule has 0 unspecified atom stereocenters. The zero-order chi connectivity index (χ0) is 16.9. The highest BCUT2D eigenvalue weighted by molar-refractivity contribution is 5.81. The summed E-state index contributed by atoms with van der Waals surface area (Å²) in [6.07, 6.45) is 1.05. The number of fused-ring (bicyclic) bond motifs is 1. The lowest BCUT2D eigenvalue weighted by atomic mass is 9.93. The molecular weight excluding hydrogens is 292 g/mol. The molecule has 1 aliphatic heterocycles. The van der Waals surface area contributed by atoms with Crippen molar-refractivity contribution >= 4 is 11.9 Å². The van der Waals surface area contributed by atoms with Gasteiger partial charge < -0.3 is 16.4 Å². The van der Waals surface area contributed by atoms with Crippen LogP contribution in [0.25, 0.3) is 0 Å². The number of nitrogens with one attached hydrogen (secondary N) is 2. The van der Waals surface area contributed by atoms with Crippen molar-refractivity contribution < 1.29 is 9.59 Å². The summed E-state index contributed by atoms with van der Waals surface area (Å²) in [6.45, 7) is 6.96. The molecule has 0 fully saturated rings. The molecule has 0 saturated carbocycles. The third kappa shape index (κ3) is 4.96. The average molecular weight is 318 g/mol. The van der Waals surface area contributed by atoms with E-state index in [2.05, 4.69) is 39.8 Å². The largest absolute Gasteiger partial charge is 0.369 e. The summed E-state index contributed by atoms with van der Waals surface area (Å²) < 4.78 is 0. The van der Waals surface area contributed by atoms with Gasteiger partial charge in [0, 0.05) is 32.7 Å². The fourth-order valence-corrected chi connectivity index (χ4v) is 2.52. The standard InChI is InChI=1S/C17H26N4O2/c1-17(2,15(18)22)12-20-16(23)19-8-10-21-9-7-13-5-3-4-6-14(13)11-21/h3-6H,7-12H2,1-2H3,(H2,18,22)(H2,19,20,23). The number of hydrogen-bond donors (Lipinski definition) is 3. The Bertz CT molecular complexity index is 571. The molecule has 1 aromatic carbocycles. The second kappa shape index (κ2) is 7.46. The summed E-state index contributed by atoms with van der Waals surface area (Å²) in [6, 6.07) is 8.21. The molecule has 2 rings (SSSR count). The Morgan fingerprint density at radius 2 is 1.91 bits per heavy atom. The van der Waals surface area contributed by atoms with E-state index in [1.54, 1.807) is 13.8 Å². The minimum atomic E-state index is -0.742. The van der Waals surface area contributed by atoms with Crippen LogP contribution in [0.5, 0.6) is 0 Å². The second-order valence-electron chi connectivity index (χ2n) is 6.65. The van der Waals surface area contributed by atoms with E-state index in [-0.39, 0.29) is 12.6 Å². The molecule has 0 radical (unpaired) electrons. The van der Waals surface area contributed by atoms with Gasteiger partial charge >= 0.3 is 6.03 Å². The molecule has 0 aliphatic carbocycles. The van der Waals surface area contributed by atoms with Crippen molar-refractivity contribution in [3.05, 3.63) is 35.4 Å². The van der Waals surface area contributed by atoms with Gasteiger partial charge in [-0.2, -0.15) is 0 Å². The van der Waals surface area contributed by atoms with Gasteiger partial charge in [-0.3, -0.25) is 9.69 Å². The highest BCUT2D eigenvalue weighted by atomic mass is 16.2. The molecule has 3 amide bonds. The maximum Gasteiger partial charge on any atom is 0.314 e. The summed E-state index contributed by atoms with van der Waals surface area (Å²) in [5, 5.41) is 5.51. The van der Waals surface area contributed by atoms with Crippen LogP contribution in [0.1, 0.15) is 25.0 Å². The Morgan fingerprint density at radius 3 is 2.61 bits per heavy atom. The Morgan fingerprint density at radius 1 is 1.22 bits per heavy atom. The monoisotopic (exact) mass is 318 g/mol. The van der Waals surface area contributed by atoms with E-state index in [0.717, 1.165) is 26.1 Å². The molecule has 4 N–H and O–H groups in total. The first-order chi connectivity index (χ1) is 10.9. The molecular formula is C17H26N4O2. The molecule has 0 atom stereocenters. The Labute approximate surface area is 137 Å². The van der Waals surface area contributed by atoms with E-state index in [1.165, 1.54) is 11.1 Å². The maximum absolute atomic E-state index is 11.8. The van der Waals surface area contributed by atoms with E-state index in [1.807, 2.05) is 0 Å². The molecule has 0 bridgehead atoms. The zero-order valence-electron chi connectivity index (χ0n) is 13.9. The Hall–Kier alpha value is -2.08. The van der Waals surface area contributed by atoms with Gasteiger partial charge in [-0.1, -0.05) is 24.3 Å². The predicted molar refractivity (Wildman–Crippen MR) is 89.8 cm³/mol. The summed E-state index contributed by atoms with van der Waals surface area (Å²) in [4.78, 5) is 25.3. The maximum atomic E-state index is 11.8. The molecule has 1 aromatic rings. The molecule has 0 saturated heterocycles. The minimum Gasteiger partial charge on any atom is -0.369 e. The van der Waals surface area contributed by atoms with Crippen LogP contribution in [0, 0.1) is 5.41 Å². The fourth-order valence-electron chi connectivity index (χ4n) is 2.52. The van der Waals surface area contributed by atoms with Crippen molar-refractivity contribution in [2.45, 2.75) is 26.8 Å². The van der Waals surface area contributed by atoms with Gasteiger partial charge in [0.25, 0.3) is 0 Å². The van der Waals surface area contributed by atoms with Crippen molar-refractivity contribution in [1.82, 2.24) is 15.5 Å². The molecule has 1 heterocycles. The number of benzene rings is 1. The number of urea groups is 1. The van der Waals surface area contributed by atoms with Crippen LogP contribution in [0.3, 0.4) is 0 Å². The SMILES string of the molecule is CC(C)(CNC(=O)NCCN1CCc2ccccc2C1)C(N)=O. The number of carbonyl (C=O) groups excluding carboxylic acids is 2. The van der Waals surface area contributed by atoms with Crippen LogP contribution in [0.15, 0.2) is 24.3 Å². The van der Waals surface area contributed by atoms with Gasteiger partial charge in [-0.25, -0.2) is 4.79 Å². The molecule has 0 spiro atoms. The number of nitrogens with two attached hydrogens (primary N) is 1. The van der Waals surface area contributed by atoms with Crippen molar-refractivity contribution in [3.63, 3.8) is 0 Å². The van der Waals surface area contributed by atoms with E-state index >= 15 is 0 Å². The first-order valence-corrected chi connectivity index (χ1v) is 7.99. The minimum absolute atomic E-state index is 0.227. The number of rotatable bonds is 6. The predicted octanol–water partition coefficient (Wildman–Crippen LogP) is 0.855. The van der Waals surface area contributed by atoms with Crippen molar-refractivity contribution in [1.29, 1.82) is 0 Å². The van der Waals surface area contributed by atoms with Gasteiger partial charge in [0.2, 0.25) is 5.91 Å². The van der Waals surface area contributed by atoms with E-state index in [4.69, 9.17) is 5.73 Å². The average Bonchev–Trinajstić information content (AvgIpc) is 2.53. The summed E-state index contributed by atoms with van der Waals surface area (Å²) in [7, 11) is 0. The Balaban J connectivity index is 1.68. The molecule has 6 heteroatoms. The van der Waals surface area contributed by atoms with Gasteiger partial charge in [0.05, 0.1) is 5.41 Å². The fraction of sp³-hybridized carbons (Fsp3) is 0.529. The van der Waals surface area contributed by atoms with Crippen LogP contribution >= 0.6 is 0 Å². The highest BCUT2D eigenvalue weighted by Crippen LogP contribution is 2.17. The zero-order valence-corrected chi connectivity index (χ0v) is 13.9. The Kier molecular flexibility index (Phi) is 5.60. The van der Waals surface area contributed by atoms with Crippen LogP contribution in [-0.2, 0) is 17.8 Å². The van der Waals surface area contributed by atoms with E-state index in [9.17, 15) is 9.59 Å². The van der Waals surface area contributed by atoms with Crippen LogP contribution in [0.2, 0.25) is 0 Å². The van der Waals surface area contributed by atoms with Crippen LogP contribution in [0.4, 0.5) is 4.79 Å². The van der Waals surface area contributed by atoms with Gasteiger partial charge in [0.1, 0.15) is 0 Å². The molecule has 23 heavy (non-hydrogen) atoms. The quantitative estimate of drug-likeness (QED) is 0.727. The summed E-state index contributed by atoms with van der Waals surface area (Å²) in [5.74, 6) is -0.426. The molecule has 1 aliphatic rings. The van der Waals surface area contributed by atoms with Gasteiger partial charge in [0.15, 0.2) is 0 Å². The number of amides is 3. The van der Waals surface area contributed by atoms with Crippen LogP contribution in [-0.4, -0.2) is 43.0 Å². The van der Waals surface area contributed by atoms with Crippen molar-refractivity contribution in [2.24, 2.45) is 11.1 Å². The van der Waals surface area contributed by atoms with Gasteiger partial charge in [-0.05, 0) is 31.4 Å². The van der Waals surface area contributed by atoms with Crippen molar-refractivity contribution in [3.8, 4) is 0 Å². The molecule has 0 aromatic heterocycles. The molecule has 126 valence electrons. The van der Waals surface area contributed by atoms with E-state index < -0.39 is 11.3 Å². The van der Waals surface area contributed by atoms with Gasteiger partial charge in [-0.15, -0.1) is 0 Å². The summed E-state index contributed by atoms with van der Waals surface area (Å²) in [5.41, 5.74) is 7.32. The lowest BCUT2D eigenvalue weighted by Gasteiger charge is -2.28. The van der Waals surface area contributed by atoms with Crippen molar-refractivity contribution in [2.75, 3.05) is 26.2 Å². The second-order valence-corrected chi connectivity index (χ2v) is 6.65. The smallest absolute Gasteiger partial charge is 0.314 e. The first kappa shape index (κ1) is 17.3. The highest BCUT2D eigenvalue weighted by Gasteiger charge is 2.25.